The van der Waals surface area contributed by atoms with Crippen molar-refractivity contribution >= 4 is 5.91 Å². The van der Waals surface area contributed by atoms with Crippen molar-refractivity contribution in [3.05, 3.63) is 0 Å². The second-order valence-corrected chi connectivity index (χ2v) is 6.15. The number of carbonyl (C=O) groups excluding carboxylic acids is 1. The van der Waals surface area contributed by atoms with E-state index in [0.29, 0.717) is 32.1 Å². The summed E-state index contributed by atoms with van der Waals surface area (Å²) < 4.78 is 10.7. The maximum atomic E-state index is 12.8. The zero-order chi connectivity index (χ0) is 14.7. The van der Waals surface area contributed by atoms with Crippen LogP contribution in [-0.4, -0.2) is 74.4 Å². The van der Waals surface area contributed by atoms with E-state index in [4.69, 9.17) is 9.47 Å². The molecule has 3 saturated heterocycles. The molecule has 3 fully saturated rings. The number of carbonyl (C=O) groups is 1. The first-order valence-electron chi connectivity index (χ1n) is 7.85. The minimum Gasteiger partial charge on any atom is -0.381 e. The number of amides is 1. The molecule has 0 aromatic rings. The second-order valence-electron chi connectivity index (χ2n) is 6.15. The van der Waals surface area contributed by atoms with E-state index >= 15 is 0 Å². The topological polar surface area (TPSA) is 65.8 Å². The maximum absolute atomic E-state index is 12.8. The van der Waals surface area contributed by atoms with Crippen molar-refractivity contribution in [3.8, 4) is 6.07 Å². The lowest BCUT2D eigenvalue weighted by Gasteiger charge is -2.34. The maximum Gasteiger partial charge on any atom is 0.243 e. The zero-order valence-corrected chi connectivity index (χ0v) is 12.4. The minimum atomic E-state index is -0.849. The van der Waals surface area contributed by atoms with Crippen LogP contribution >= 0.6 is 0 Å². The Morgan fingerprint density at radius 1 is 1.10 bits per heavy atom. The fourth-order valence-electron chi connectivity index (χ4n) is 3.56. The SMILES string of the molecule is N#CC1(C(=O)N2CCC(N3CCOCC3)C2)CCOCC1. The average molecular weight is 293 g/mol. The summed E-state index contributed by atoms with van der Waals surface area (Å²) in [7, 11) is 0. The third kappa shape index (κ3) is 2.91. The standard InChI is InChI=1S/C15H23N3O3/c16-12-15(2-7-20-8-3-15)14(19)18-4-1-13(11-18)17-5-9-21-10-6-17/h13H,1-11H2. The number of ether oxygens (including phenoxy) is 2. The summed E-state index contributed by atoms with van der Waals surface area (Å²) in [4.78, 5) is 17.1. The van der Waals surface area contributed by atoms with Gasteiger partial charge in [0.15, 0.2) is 0 Å². The molecular formula is C15H23N3O3. The van der Waals surface area contributed by atoms with E-state index < -0.39 is 5.41 Å². The molecule has 0 saturated carbocycles. The van der Waals surface area contributed by atoms with Crippen LogP contribution in [0.2, 0.25) is 0 Å². The molecule has 3 aliphatic rings. The summed E-state index contributed by atoms with van der Waals surface area (Å²) in [6.07, 6.45) is 2.06. The Kier molecular flexibility index (Phi) is 4.43. The van der Waals surface area contributed by atoms with Gasteiger partial charge in [-0.2, -0.15) is 5.26 Å². The molecule has 1 atom stereocenters. The third-order valence-corrected chi connectivity index (χ3v) is 4.98. The van der Waals surface area contributed by atoms with Gasteiger partial charge in [0.25, 0.3) is 0 Å². The Labute approximate surface area is 125 Å². The molecule has 0 radical (unpaired) electrons. The van der Waals surface area contributed by atoms with E-state index in [2.05, 4.69) is 11.0 Å². The summed E-state index contributed by atoms with van der Waals surface area (Å²) in [5.74, 6) is 0.0176. The van der Waals surface area contributed by atoms with Crippen molar-refractivity contribution < 1.29 is 14.3 Å². The van der Waals surface area contributed by atoms with Gasteiger partial charge < -0.3 is 14.4 Å². The Hall–Kier alpha value is -1.16. The van der Waals surface area contributed by atoms with Gasteiger partial charge in [-0.25, -0.2) is 0 Å². The fraction of sp³-hybridized carbons (Fsp3) is 0.867. The van der Waals surface area contributed by atoms with Gasteiger partial charge in [-0.15, -0.1) is 0 Å². The first-order chi connectivity index (χ1) is 10.2. The molecule has 3 aliphatic heterocycles. The van der Waals surface area contributed by atoms with Crippen LogP contribution in [0.15, 0.2) is 0 Å². The lowest BCUT2D eigenvalue weighted by Crippen LogP contribution is -2.48. The van der Waals surface area contributed by atoms with Crippen molar-refractivity contribution in [1.29, 1.82) is 5.26 Å². The smallest absolute Gasteiger partial charge is 0.243 e. The van der Waals surface area contributed by atoms with Crippen LogP contribution in [0, 0.1) is 16.7 Å². The summed E-state index contributed by atoms with van der Waals surface area (Å²) in [6, 6.07) is 2.71. The number of nitriles is 1. The van der Waals surface area contributed by atoms with Crippen molar-refractivity contribution in [2.75, 3.05) is 52.6 Å². The summed E-state index contributed by atoms with van der Waals surface area (Å²) in [5, 5.41) is 9.51. The molecule has 3 heterocycles. The Balaban J connectivity index is 1.62. The van der Waals surface area contributed by atoms with E-state index in [1.807, 2.05) is 4.90 Å². The van der Waals surface area contributed by atoms with Crippen LogP contribution in [0.3, 0.4) is 0 Å². The lowest BCUT2D eigenvalue weighted by molar-refractivity contribution is -0.142. The molecule has 0 N–H and O–H groups in total. The molecule has 1 amide bonds. The highest BCUT2D eigenvalue weighted by molar-refractivity contribution is 5.86. The van der Waals surface area contributed by atoms with E-state index in [1.54, 1.807) is 0 Å². The van der Waals surface area contributed by atoms with Crippen molar-refractivity contribution in [1.82, 2.24) is 9.80 Å². The number of hydrogen-bond acceptors (Lipinski definition) is 5. The van der Waals surface area contributed by atoms with Gasteiger partial charge in [0, 0.05) is 45.4 Å². The Bertz CT molecular complexity index is 422. The van der Waals surface area contributed by atoms with Crippen molar-refractivity contribution in [2.24, 2.45) is 5.41 Å². The van der Waals surface area contributed by atoms with Crippen LogP contribution in [0.1, 0.15) is 19.3 Å². The number of likely N-dealkylation sites (tertiary alicyclic amines) is 1. The summed E-state index contributed by atoms with van der Waals surface area (Å²) in [6.45, 7) is 6.01. The lowest BCUT2D eigenvalue weighted by atomic mass is 9.80. The van der Waals surface area contributed by atoms with Crippen LogP contribution in [0.5, 0.6) is 0 Å². The number of hydrogen-bond donors (Lipinski definition) is 0. The molecule has 0 spiro atoms. The largest absolute Gasteiger partial charge is 0.381 e. The van der Waals surface area contributed by atoms with Crippen LogP contribution in [0.4, 0.5) is 0 Å². The van der Waals surface area contributed by atoms with E-state index in [9.17, 15) is 10.1 Å². The van der Waals surface area contributed by atoms with Gasteiger partial charge in [-0.1, -0.05) is 0 Å². The monoisotopic (exact) mass is 293 g/mol. The third-order valence-electron chi connectivity index (χ3n) is 4.98. The van der Waals surface area contributed by atoms with Crippen molar-refractivity contribution in [3.63, 3.8) is 0 Å². The molecular weight excluding hydrogens is 270 g/mol. The average Bonchev–Trinajstić information content (AvgIpc) is 3.05. The van der Waals surface area contributed by atoms with Gasteiger partial charge in [0.2, 0.25) is 5.91 Å². The predicted molar refractivity (Wildman–Crippen MR) is 75.5 cm³/mol. The fourth-order valence-corrected chi connectivity index (χ4v) is 3.56. The molecule has 6 nitrogen and oxygen atoms in total. The highest BCUT2D eigenvalue weighted by Gasteiger charge is 2.45. The molecule has 0 bridgehead atoms. The van der Waals surface area contributed by atoms with Crippen molar-refractivity contribution in [2.45, 2.75) is 25.3 Å². The Morgan fingerprint density at radius 3 is 2.43 bits per heavy atom. The molecule has 0 aliphatic carbocycles. The molecule has 0 aromatic carbocycles. The van der Waals surface area contributed by atoms with Gasteiger partial charge >= 0.3 is 0 Å². The van der Waals surface area contributed by atoms with E-state index in [0.717, 1.165) is 45.8 Å². The van der Waals surface area contributed by atoms with E-state index in [-0.39, 0.29) is 5.91 Å². The quantitative estimate of drug-likeness (QED) is 0.729. The number of morpholine rings is 1. The normalized spacial score (nSPS) is 30.0. The molecule has 1 unspecified atom stereocenters. The van der Waals surface area contributed by atoms with Gasteiger partial charge in [-0.05, 0) is 19.3 Å². The summed E-state index contributed by atoms with van der Waals surface area (Å²) >= 11 is 0. The molecule has 21 heavy (non-hydrogen) atoms. The first-order valence-corrected chi connectivity index (χ1v) is 7.85. The molecule has 6 heteroatoms. The molecule has 116 valence electrons. The van der Waals surface area contributed by atoms with Crippen LogP contribution in [0.25, 0.3) is 0 Å². The zero-order valence-electron chi connectivity index (χ0n) is 12.4. The summed E-state index contributed by atoms with van der Waals surface area (Å²) in [5.41, 5.74) is -0.849. The van der Waals surface area contributed by atoms with Gasteiger partial charge in [0.05, 0.1) is 19.3 Å². The molecule has 3 rings (SSSR count). The van der Waals surface area contributed by atoms with Crippen LogP contribution < -0.4 is 0 Å². The predicted octanol–water partition coefficient (Wildman–Crippen LogP) is 0.240. The number of rotatable bonds is 2. The highest BCUT2D eigenvalue weighted by Crippen LogP contribution is 2.33. The van der Waals surface area contributed by atoms with Gasteiger partial charge in [-0.3, -0.25) is 9.69 Å². The van der Waals surface area contributed by atoms with Crippen LogP contribution in [-0.2, 0) is 14.3 Å². The Morgan fingerprint density at radius 2 is 1.76 bits per heavy atom. The first kappa shape index (κ1) is 14.8. The number of nitrogens with zero attached hydrogens (tertiary/aromatic N) is 3. The minimum absolute atomic E-state index is 0.0176. The van der Waals surface area contributed by atoms with Gasteiger partial charge in [0.1, 0.15) is 5.41 Å². The second kappa shape index (κ2) is 6.30. The van der Waals surface area contributed by atoms with E-state index in [1.165, 1.54) is 0 Å². The highest BCUT2D eigenvalue weighted by atomic mass is 16.5. The molecule has 0 aromatic heterocycles.